The second-order valence-corrected chi connectivity index (χ2v) is 3.03. The minimum Gasteiger partial charge on any atom is -0.366 e. The number of hydrogen-bond donors (Lipinski definition) is 1. The largest absolute Gasteiger partial charge is 0.417 e. The molecule has 1 aromatic rings. The fourth-order valence-corrected chi connectivity index (χ4v) is 1.22. The molecule has 0 aliphatic rings. The quantitative estimate of drug-likeness (QED) is 0.805. The Kier molecular flexibility index (Phi) is 3.05. The van der Waals surface area contributed by atoms with Gasteiger partial charge in [0.15, 0.2) is 0 Å². The Bertz CT molecular complexity index is 564. The van der Waals surface area contributed by atoms with Crippen molar-refractivity contribution in [1.29, 1.82) is 10.5 Å². The molecular formula is C10H4F3N3O. The summed E-state index contributed by atoms with van der Waals surface area (Å²) in [6.07, 6.45) is -4.79. The van der Waals surface area contributed by atoms with Crippen LogP contribution in [0, 0.1) is 22.7 Å². The highest BCUT2D eigenvalue weighted by Crippen LogP contribution is 2.33. The van der Waals surface area contributed by atoms with Gasteiger partial charge >= 0.3 is 6.18 Å². The van der Waals surface area contributed by atoms with Crippen LogP contribution in [0.1, 0.15) is 27.0 Å². The average molecular weight is 239 g/mol. The van der Waals surface area contributed by atoms with Crippen molar-refractivity contribution >= 4 is 5.91 Å². The first-order chi connectivity index (χ1) is 7.81. The van der Waals surface area contributed by atoms with Crippen molar-refractivity contribution in [1.82, 2.24) is 0 Å². The summed E-state index contributed by atoms with van der Waals surface area (Å²) in [4.78, 5) is 10.9. The lowest BCUT2D eigenvalue weighted by atomic mass is 9.99. The predicted octanol–water partition coefficient (Wildman–Crippen LogP) is 1.55. The number of halogens is 3. The van der Waals surface area contributed by atoms with Crippen LogP contribution in [0.3, 0.4) is 0 Å². The molecule has 0 atom stereocenters. The maximum absolute atomic E-state index is 12.5. The van der Waals surface area contributed by atoms with E-state index in [1.54, 1.807) is 0 Å². The van der Waals surface area contributed by atoms with E-state index < -0.39 is 28.8 Å². The van der Waals surface area contributed by atoms with E-state index in [9.17, 15) is 18.0 Å². The Morgan fingerprint density at radius 3 is 2.06 bits per heavy atom. The van der Waals surface area contributed by atoms with Crippen LogP contribution in [0.5, 0.6) is 0 Å². The van der Waals surface area contributed by atoms with Crippen molar-refractivity contribution in [2.45, 2.75) is 6.18 Å². The van der Waals surface area contributed by atoms with Crippen molar-refractivity contribution in [2.24, 2.45) is 5.73 Å². The molecule has 0 heterocycles. The number of nitrogens with two attached hydrogens (primary N) is 1. The number of alkyl halides is 3. The molecule has 7 heteroatoms. The van der Waals surface area contributed by atoms with E-state index in [4.69, 9.17) is 16.3 Å². The van der Waals surface area contributed by atoms with E-state index in [-0.39, 0.29) is 5.56 Å². The molecule has 0 aliphatic heterocycles. The van der Waals surface area contributed by atoms with Gasteiger partial charge in [-0.05, 0) is 12.1 Å². The summed E-state index contributed by atoms with van der Waals surface area (Å²) in [5, 5.41) is 17.2. The summed E-state index contributed by atoms with van der Waals surface area (Å²) in [5.41, 5.74) is 1.93. The normalized spacial score (nSPS) is 10.4. The first kappa shape index (κ1) is 12.5. The van der Waals surface area contributed by atoms with Crippen LogP contribution < -0.4 is 5.73 Å². The molecule has 0 unspecified atom stereocenters. The van der Waals surface area contributed by atoms with Crippen LogP contribution >= 0.6 is 0 Å². The zero-order valence-corrected chi connectivity index (χ0v) is 8.17. The highest BCUT2D eigenvalue weighted by Gasteiger charge is 2.35. The maximum Gasteiger partial charge on any atom is 0.417 e. The molecule has 4 nitrogen and oxygen atoms in total. The summed E-state index contributed by atoms with van der Waals surface area (Å²) in [6.45, 7) is 0. The maximum atomic E-state index is 12.5. The molecule has 0 saturated heterocycles. The van der Waals surface area contributed by atoms with Gasteiger partial charge in [0.1, 0.15) is 6.07 Å². The number of carbonyl (C=O) groups is 1. The van der Waals surface area contributed by atoms with Crippen molar-refractivity contribution in [2.75, 3.05) is 0 Å². The van der Waals surface area contributed by atoms with Gasteiger partial charge in [0.25, 0.3) is 0 Å². The fraction of sp³-hybridized carbons (Fsp3) is 0.100. The van der Waals surface area contributed by atoms with Crippen molar-refractivity contribution in [3.05, 3.63) is 34.4 Å². The van der Waals surface area contributed by atoms with Crippen LogP contribution in [0.2, 0.25) is 0 Å². The number of hydrogen-bond acceptors (Lipinski definition) is 3. The molecule has 86 valence electrons. The Labute approximate surface area is 93.7 Å². The van der Waals surface area contributed by atoms with E-state index in [0.717, 1.165) is 0 Å². The van der Waals surface area contributed by atoms with Gasteiger partial charge < -0.3 is 5.73 Å². The van der Waals surface area contributed by atoms with Crippen LogP contribution in [-0.4, -0.2) is 5.91 Å². The number of nitriles is 2. The molecule has 1 amide bonds. The summed E-state index contributed by atoms with van der Waals surface area (Å²) in [5.74, 6) is -1.16. The van der Waals surface area contributed by atoms with Gasteiger partial charge in [0, 0.05) is 0 Å². The zero-order valence-electron chi connectivity index (χ0n) is 8.17. The Morgan fingerprint density at radius 1 is 1.18 bits per heavy atom. The molecule has 0 aromatic heterocycles. The molecule has 0 radical (unpaired) electrons. The lowest BCUT2D eigenvalue weighted by Gasteiger charge is -2.10. The van der Waals surface area contributed by atoms with Gasteiger partial charge in [-0.25, -0.2) is 0 Å². The number of nitrogens with zero attached hydrogens (tertiary/aromatic N) is 2. The molecule has 0 bridgehead atoms. The highest BCUT2D eigenvalue weighted by atomic mass is 19.4. The first-order valence-electron chi connectivity index (χ1n) is 4.16. The number of amides is 1. The molecule has 0 aliphatic carbocycles. The Hall–Kier alpha value is -2.54. The van der Waals surface area contributed by atoms with Gasteiger partial charge in [-0.2, -0.15) is 23.7 Å². The third-order valence-electron chi connectivity index (χ3n) is 1.97. The lowest BCUT2D eigenvalue weighted by Crippen LogP contribution is -2.16. The van der Waals surface area contributed by atoms with Gasteiger partial charge in [-0.1, -0.05) is 0 Å². The van der Waals surface area contributed by atoms with Crippen molar-refractivity contribution in [3.8, 4) is 12.1 Å². The Morgan fingerprint density at radius 2 is 1.71 bits per heavy atom. The van der Waals surface area contributed by atoms with Crippen molar-refractivity contribution < 1.29 is 18.0 Å². The molecule has 0 fully saturated rings. The number of rotatable bonds is 1. The van der Waals surface area contributed by atoms with E-state index in [0.29, 0.717) is 12.1 Å². The van der Waals surface area contributed by atoms with E-state index in [1.165, 1.54) is 12.1 Å². The minimum atomic E-state index is -4.79. The van der Waals surface area contributed by atoms with E-state index in [1.807, 2.05) is 0 Å². The van der Waals surface area contributed by atoms with Crippen molar-refractivity contribution in [3.63, 3.8) is 0 Å². The van der Waals surface area contributed by atoms with Crippen LogP contribution in [0.15, 0.2) is 12.1 Å². The van der Waals surface area contributed by atoms with E-state index >= 15 is 0 Å². The molecule has 17 heavy (non-hydrogen) atoms. The van der Waals surface area contributed by atoms with Crippen LogP contribution in [-0.2, 0) is 6.18 Å². The Balaban J connectivity index is 3.65. The van der Waals surface area contributed by atoms with Crippen LogP contribution in [0.25, 0.3) is 0 Å². The molecule has 1 aromatic carbocycles. The average Bonchev–Trinajstić information content (AvgIpc) is 2.25. The third kappa shape index (κ3) is 2.34. The summed E-state index contributed by atoms with van der Waals surface area (Å²) < 4.78 is 37.6. The predicted molar refractivity (Wildman–Crippen MR) is 49.4 cm³/mol. The molecule has 0 saturated carbocycles. The monoisotopic (exact) mass is 239 g/mol. The third-order valence-corrected chi connectivity index (χ3v) is 1.97. The number of benzene rings is 1. The summed E-state index contributed by atoms with van der Waals surface area (Å²) in [6, 6.07) is 3.94. The first-order valence-corrected chi connectivity index (χ1v) is 4.16. The van der Waals surface area contributed by atoms with E-state index in [2.05, 4.69) is 0 Å². The minimum absolute atomic E-state index is 0.359. The topological polar surface area (TPSA) is 90.7 Å². The zero-order chi connectivity index (χ0) is 13.2. The van der Waals surface area contributed by atoms with Gasteiger partial charge in [0.2, 0.25) is 5.91 Å². The fourth-order valence-electron chi connectivity index (χ4n) is 1.22. The lowest BCUT2D eigenvalue weighted by molar-refractivity contribution is -0.137. The summed E-state index contributed by atoms with van der Waals surface area (Å²) >= 11 is 0. The number of primary amides is 1. The molecule has 1 rings (SSSR count). The smallest absolute Gasteiger partial charge is 0.366 e. The summed E-state index contributed by atoms with van der Waals surface area (Å²) in [7, 11) is 0. The van der Waals surface area contributed by atoms with Gasteiger partial charge in [-0.15, -0.1) is 0 Å². The van der Waals surface area contributed by atoms with Gasteiger partial charge in [-0.3, -0.25) is 4.79 Å². The van der Waals surface area contributed by atoms with Gasteiger partial charge in [0.05, 0.1) is 28.3 Å². The second-order valence-electron chi connectivity index (χ2n) is 3.03. The standard InChI is InChI=1S/C10H4F3N3O/c11-10(12,13)8-2-7(9(16)17)5(3-14)1-6(8)4-15/h1-2H,(H2,16,17). The molecular weight excluding hydrogens is 235 g/mol. The number of carbonyl (C=O) groups excluding carboxylic acids is 1. The highest BCUT2D eigenvalue weighted by molar-refractivity contribution is 5.95. The second kappa shape index (κ2) is 4.14. The molecule has 2 N–H and O–H groups in total. The SMILES string of the molecule is N#Cc1cc(C#N)c(C(F)(F)F)cc1C(N)=O. The molecule has 0 spiro atoms. The van der Waals surface area contributed by atoms with Crippen LogP contribution in [0.4, 0.5) is 13.2 Å².